The van der Waals surface area contributed by atoms with E-state index in [1.54, 1.807) is 43.5 Å². The average molecular weight is 420 g/mol. The summed E-state index contributed by atoms with van der Waals surface area (Å²) in [7, 11) is 3.07. The number of methoxy groups -OCH3 is 2. The number of aromatic nitrogens is 2. The number of benzene rings is 2. The van der Waals surface area contributed by atoms with Gasteiger partial charge in [-0.3, -0.25) is 4.79 Å². The summed E-state index contributed by atoms with van der Waals surface area (Å²) in [5, 5.41) is 14.1. The minimum Gasteiger partial charge on any atom is -0.497 e. The summed E-state index contributed by atoms with van der Waals surface area (Å²) in [6.45, 7) is 0. The van der Waals surface area contributed by atoms with Crippen molar-refractivity contribution in [2.45, 2.75) is 4.34 Å². The largest absolute Gasteiger partial charge is 0.497 e. The molecule has 0 aliphatic heterocycles. The van der Waals surface area contributed by atoms with Gasteiger partial charge < -0.3 is 20.1 Å². The summed E-state index contributed by atoms with van der Waals surface area (Å²) in [5.74, 6) is 0.689. The van der Waals surface area contributed by atoms with Crippen LogP contribution >= 0.6 is 23.1 Å². The van der Waals surface area contributed by atoms with E-state index in [0.29, 0.717) is 32.3 Å². The molecule has 3 aromatic rings. The summed E-state index contributed by atoms with van der Waals surface area (Å²) in [6.07, 6.45) is 0. The molecule has 0 unspecified atom stereocenters. The van der Waals surface area contributed by atoms with Crippen molar-refractivity contribution in [3.05, 3.63) is 48.3 Å². The first kappa shape index (κ1) is 19.9. The molecule has 1 heterocycles. The lowest BCUT2D eigenvalue weighted by Gasteiger charge is -2.11. The highest BCUT2D eigenvalue weighted by Gasteiger charge is 2.12. The fraction of sp³-hybridized carbons (Fsp3) is 0.167. The van der Waals surface area contributed by atoms with E-state index >= 15 is 0 Å². The molecule has 3 rings (SSSR count). The molecule has 146 valence electrons. The van der Waals surface area contributed by atoms with E-state index < -0.39 is 0 Å². The van der Waals surface area contributed by atoms with Crippen molar-refractivity contribution < 1.29 is 18.7 Å². The Morgan fingerprint density at radius 3 is 2.71 bits per heavy atom. The second kappa shape index (κ2) is 9.38. The van der Waals surface area contributed by atoms with Gasteiger partial charge in [0.15, 0.2) is 4.34 Å². The van der Waals surface area contributed by atoms with E-state index in [9.17, 15) is 9.18 Å². The van der Waals surface area contributed by atoms with E-state index in [2.05, 4.69) is 20.8 Å². The second-order valence-corrected chi connectivity index (χ2v) is 7.58. The monoisotopic (exact) mass is 420 g/mol. The van der Waals surface area contributed by atoms with Crippen molar-refractivity contribution in [3.8, 4) is 11.5 Å². The Bertz CT molecular complexity index is 968. The molecule has 0 saturated carbocycles. The summed E-state index contributed by atoms with van der Waals surface area (Å²) in [5.41, 5.74) is 0.868. The van der Waals surface area contributed by atoms with E-state index in [4.69, 9.17) is 9.47 Å². The van der Waals surface area contributed by atoms with Crippen LogP contribution in [0.2, 0.25) is 0 Å². The van der Waals surface area contributed by atoms with Gasteiger partial charge >= 0.3 is 0 Å². The molecule has 0 aliphatic rings. The number of thioether (sulfide) groups is 1. The number of halogens is 1. The Balaban J connectivity index is 1.55. The van der Waals surface area contributed by atoms with E-state index in [1.807, 2.05) is 0 Å². The van der Waals surface area contributed by atoms with Crippen LogP contribution in [-0.2, 0) is 4.79 Å². The van der Waals surface area contributed by atoms with Gasteiger partial charge in [-0.05, 0) is 24.3 Å². The van der Waals surface area contributed by atoms with Gasteiger partial charge in [0.1, 0.15) is 17.3 Å². The zero-order valence-electron chi connectivity index (χ0n) is 15.1. The fourth-order valence-electron chi connectivity index (χ4n) is 2.21. The first-order chi connectivity index (χ1) is 13.6. The fourth-order valence-corrected chi connectivity index (χ4v) is 3.78. The van der Waals surface area contributed by atoms with Crippen LogP contribution in [0, 0.1) is 5.82 Å². The topological polar surface area (TPSA) is 85.4 Å². The van der Waals surface area contributed by atoms with E-state index in [0.717, 1.165) is 0 Å². The molecule has 2 N–H and O–H groups in total. The number of nitrogens with zero attached hydrogens (tertiary/aromatic N) is 2. The van der Waals surface area contributed by atoms with Gasteiger partial charge in [-0.15, -0.1) is 10.2 Å². The molecule has 28 heavy (non-hydrogen) atoms. The van der Waals surface area contributed by atoms with Gasteiger partial charge in [-0.2, -0.15) is 0 Å². The summed E-state index contributed by atoms with van der Waals surface area (Å²) in [4.78, 5) is 12.2. The number of carbonyl (C=O) groups is 1. The Hall–Kier alpha value is -2.85. The zero-order valence-corrected chi connectivity index (χ0v) is 16.7. The second-order valence-electron chi connectivity index (χ2n) is 5.38. The van der Waals surface area contributed by atoms with Gasteiger partial charge in [0.2, 0.25) is 11.0 Å². The van der Waals surface area contributed by atoms with Gasteiger partial charge in [0.05, 0.1) is 31.3 Å². The quantitative estimate of drug-likeness (QED) is 0.529. The number of rotatable bonds is 8. The van der Waals surface area contributed by atoms with Gasteiger partial charge in [0.25, 0.3) is 0 Å². The lowest BCUT2D eigenvalue weighted by Crippen LogP contribution is -2.14. The summed E-state index contributed by atoms with van der Waals surface area (Å²) >= 11 is 2.48. The molecule has 1 amide bonds. The number of carbonyl (C=O) groups excluding carboxylic acids is 1. The third-order valence-corrected chi connectivity index (χ3v) is 5.50. The van der Waals surface area contributed by atoms with Crippen molar-refractivity contribution in [2.24, 2.45) is 0 Å². The van der Waals surface area contributed by atoms with Crippen molar-refractivity contribution in [1.29, 1.82) is 0 Å². The number of ether oxygens (including phenoxy) is 2. The molecule has 2 aromatic carbocycles. The minimum absolute atomic E-state index is 0.142. The molecule has 0 fully saturated rings. The molecule has 0 atom stereocenters. The van der Waals surface area contributed by atoms with Crippen molar-refractivity contribution in [2.75, 3.05) is 30.6 Å². The first-order valence-electron chi connectivity index (χ1n) is 8.09. The van der Waals surface area contributed by atoms with Crippen LogP contribution in [0.5, 0.6) is 11.5 Å². The maximum absolute atomic E-state index is 13.7. The van der Waals surface area contributed by atoms with Crippen LogP contribution in [0.15, 0.2) is 46.8 Å². The molecule has 0 bridgehead atoms. The van der Waals surface area contributed by atoms with Crippen molar-refractivity contribution in [1.82, 2.24) is 10.2 Å². The highest BCUT2D eigenvalue weighted by atomic mass is 32.2. The minimum atomic E-state index is -0.375. The maximum Gasteiger partial charge on any atom is 0.234 e. The van der Waals surface area contributed by atoms with Crippen molar-refractivity contribution >= 4 is 45.5 Å². The molecule has 1 aromatic heterocycles. The lowest BCUT2D eigenvalue weighted by atomic mass is 10.2. The third-order valence-electron chi connectivity index (χ3n) is 3.53. The number of nitrogens with one attached hydrogen (secondary N) is 2. The molecule has 0 spiro atoms. The highest BCUT2D eigenvalue weighted by Crippen LogP contribution is 2.31. The zero-order chi connectivity index (χ0) is 19.9. The highest BCUT2D eigenvalue weighted by molar-refractivity contribution is 8.01. The SMILES string of the molecule is COc1ccc(NC(=O)CSc2nnc(Nc3ccccc3F)s2)c(OC)c1. The normalized spacial score (nSPS) is 10.4. The smallest absolute Gasteiger partial charge is 0.234 e. The number of amides is 1. The summed E-state index contributed by atoms with van der Waals surface area (Å²) in [6, 6.07) is 11.4. The predicted octanol–water partition coefficient (Wildman–Crippen LogP) is 4.17. The Kier molecular flexibility index (Phi) is 6.66. The van der Waals surface area contributed by atoms with Crippen LogP contribution in [0.3, 0.4) is 0 Å². The third kappa shape index (κ3) is 5.11. The van der Waals surface area contributed by atoms with E-state index in [1.165, 1.54) is 36.3 Å². The Labute approximate surface area is 169 Å². The molecule has 10 heteroatoms. The first-order valence-corrected chi connectivity index (χ1v) is 9.89. The van der Waals surface area contributed by atoms with Gasteiger partial charge in [-0.25, -0.2) is 4.39 Å². The number of anilines is 3. The van der Waals surface area contributed by atoms with Crippen LogP contribution in [0.1, 0.15) is 0 Å². The molecule has 0 saturated heterocycles. The number of hydrogen-bond donors (Lipinski definition) is 2. The van der Waals surface area contributed by atoms with Gasteiger partial charge in [0, 0.05) is 6.07 Å². The molecular formula is C18H17FN4O3S2. The molecule has 7 nitrogen and oxygen atoms in total. The van der Waals surface area contributed by atoms with Gasteiger partial charge in [-0.1, -0.05) is 35.2 Å². The number of hydrogen-bond acceptors (Lipinski definition) is 8. The van der Waals surface area contributed by atoms with E-state index in [-0.39, 0.29) is 17.5 Å². The standard InChI is InChI=1S/C18H17FN4O3S2/c1-25-11-7-8-14(15(9-11)26-2)20-16(24)10-27-18-23-22-17(28-18)21-13-6-4-3-5-12(13)19/h3-9H,10H2,1-2H3,(H,20,24)(H,21,22). The molecular weight excluding hydrogens is 403 g/mol. The molecule has 0 radical (unpaired) electrons. The molecule has 0 aliphatic carbocycles. The summed E-state index contributed by atoms with van der Waals surface area (Å²) < 4.78 is 24.7. The van der Waals surface area contributed by atoms with Crippen LogP contribution in [0.4, 0.5) is 20.9 Å². The predicted molar refractivity (Wildman–Crippen MR) is 108 cm³/mol. The number of para-hydroxylation sites is 1. The average Bonchev–Trinajstić information content (AvgIpc) is 3.16. The Morgan fingerprint density at radius 2 is 1.96 bits per heavy atom. The van der Waals surface area contributed by atoms with Crippen LogP contribution in [-0.4, -0.2) is 36.1 Å². The van der Waals surface area contributed by atoms with Crippen molar-refractivity contribution in [3.63, 3.8) is 0 Å². The maximum atomic E-state index is 13.7. The lowest BCUT2D eigenvalue weighted by molar-refractivity contribution is -0.113. The Morgan fingerprint density at radius 1 is 1.14 bits per heavy atom. The van der Waals surface area contributed by atoms with Crippen LogP contribution in [0.25, 0.3) is 0 Å². The van der Waals surface area contributed by atoms with Crippen LogP contribution < -0.4 is 20.1 Å².